The van der Waals surface area contributed by atoms with E-state index in [2.05, 4.69) is 32.9 Å². The largest absolute Gasteiger partial charge is 0.484 e. The van der Waals surface area contributed by atoms with Gasteiger partial charge in [-0.15, -0.1) is 10.2 Å². The van der Waals surface area contributed by atoms with E-state index in [1.165, 1.54) is 37.7 Å². The summed E-state index contributed by atoms with van der Waals surface area (Å²) in [5.41, 5.74) is 1.44. The molecule has 1 N–H and O–H groups in total. The SMILES string of the molecule is O=C(COc1ccc(CNC23CC4CC(C2)CC(n2ncnn2)(C4)C3)cc1)N1CCCC1. The molecule has 2 atom stereocenters. The van der Waals surface area contributed by atoms with Gasteiger partial charge in [-0.25, -0.2) is 0 Å². The van der Waals surface area contributed by atoms with Crippen LogP contribution in [0.1, 0.15) is 56.9 Å². The van der Waals surface area contributed by atoms with Gasteiger partial charge in [0.2, 0.25) is 0 Å². The van der Waals surface area contributed by atoms with E-state index in [-0.39, 0.29) is 23.6 Å². The van der Waals surface area contributed by atoms with E-state index in [0.29, 0.717) is 0 Å². The van der Waals surface area contributed by atoms with Gasteiger partial charge < -0.3 is 15.0 Å². The van der Waals surface area contributed by atoms with Gasteiger partial charge in [-0.2, -0.15) is 4.80 Å². The Hall–Kier alpha value is -2.48. The molecule has 2 heterocycles. The number of amides is 1. The molecule has 8 nitrogen and oxygen atoms in total. The molecular weight excluding hydrogens is 404 g/mol. The zero-order valence-electron chi connectivity index (χ0n) is 18.6. The number of tetrazole rings is 1. The number of nitrogens with zero attached hydrogens (tertiary/aromatic N) is 5. The van der Waals surface area contributed by atoms with E-state index in [4.69, 9.17) is 4.74 Å². The second-order valence-electron chi connectivity index (χ2n) is 10.6. The zero-order chi connectivity index (χ0) is 21.6. The Labute approximate surface area is 188 Å². The highest BCUT2D eigenvalue weighted by atomic mass is 16.5. The summed E-state index contributed by atoms with van der Waals surface area (Å²) in [6.45, 7) is 2.70. The number of carbonyl (C=O) groups excluding carboxylic acids is 1. The molecule has 32 heavy (non-hydrogen) atoms. The molecule has 1 aromatic heterocycles. The number of rotatable bonds is 7. The van der Waals surface area contributed by atoms with Gasteiger partial charge >= 0.3 is 0 Å². The van der Waals surface area contributed by atoms with Crippen molar-refractivity contribution in [3.05, 3.63) is 36.2 Å². The molecule has 1 aromatic carbocycles. The van der Waals surface area contributed by atoms with Crippen molar-refractivity contribution in [3.63, 3.8) is 0 Å². The molecule has 4 bridgehead atoms. The summed E-state index contributed by atoms with van der Waals surface area (Å²) in [4.78, 5) is 16.0. The highest BCUT2D eigenvalue weighted by Gasteiger charge is 2.59. The highest BCUT2D eigenvalue weighted by molar-refractivity contribution is 5.78. The lowest BCUT2D eigenvalue weighted by molar-refractivity contribution is -0.132. The summed E-state index contributed by atoms with van der Waals surface area (Å²) < 4.78 is 5.73. The first-order chi connectivity index (χ1) is 15.6. The van der Waals surface area contributed by atoms with E-state index >= 15 is 0 Å². The quantitative estimate of drug-likeness (QED) is 0.718. The molecule has 4 aliphatic carbocycles. The van der Waals surface area contributed by atoms with Crippen LogP contribution in [0, 0.1) is 11.8 Å². The fourth-order valence-electron chi connectivity index (χ4n) is 7.24. The topological polar surface area (TPSA) is 85.2 Å². The van der Waals surface area contributed by atoms with Crippen molar-refractivity contribution in [1.82, 2.24) is 30.4 Å². The van der Waals surface area contributed by atoms with E-state index in [1.54, 1.807) is 6.33 Å². The van der Waals surface area contributed by atoms with Gasteiger partial charge in [-0.1, -0.05) is 12.1 Å². The summed E-state index contributed by atoms with van der Waals surface area (Å²) in [6.07, 6.45) is 11.1. The first kappa shape index (κ1) is 20.1. The molecule has 4 saturated carbocycles. The maximum absolute atomic E-state index is 12.2. The van der Waals surface area contributed by atoms with E-state index in [0.717, 1.165) is 56.5 Å². The van der Waals surface area contributed by atoms with Crippen LogP contribution in [-0.2, 0) is 16.9 Å². The monoisotopic (exact) mass is 436 g/mol. The Balaban J connectivity index is 1.08. The number of ether oxygens (including phenoxy) is 1. The fourth-order valence-corrected chi connectivity index (χ4v) is 7.24. The minimum absolute atomic E-state index is 0.0349. The Kier molecular flexibility index (Phi) is 4.93. The Morgan fingerprint density at radius 1 is 1.09 bits per heavy atom. The average molecular weight is 437 g/mol. The summed E-state index contributed by atoms with van der Waals surface area (Å²) in [5, 5.41) is 16.7. The molecule has 2 unspecified atom stereocenters. The molecule has 7 rings (SSSR count). The Morgan fingerprint density at radius 2 is 1.84 bits per heavy atom. The molecule has 1 amide bonds. The van der Waals surface area contributed by atoms with Crippen LogP contribution in [-0.4, -0.2) is 56.2 Å². The first-order valence-electron chi connectivity index (χ1n) is 12.1. The number of benzene rings is 1. The number of hydrogen-bond acceptors (Lipinski definition) is 6. The summed E-state index contributed by atoms with van der Waals surface area (Å²) in [6, 6.07) is 8.18. The van der Waals surface area contributed by atoms with Crippen molar-refractivity contribution >= 4 is 5.91 Å². The summed E-state index contributed by atoms with van der Waals surface area (Å²) in [5.74, 6) is 2.34. The third-order valence-corrected chi connectivity index (χ3v) is 8.22. The predicted molar refractivity (Wildman–Crippen MR) is 118 cm³/mol. The average Bonchev–Trinajstić information content (AvgIpc) is 3.51. The maximum atomic E-state index is 12.2. The summed E-state index contributed by atoms with van der Waals surface area (Å²) >= 11 is 0. The first-order valence-corrected chi connectivity index (χ1v) is 12.1. The lowest BCUT2D eigenvalue weighted by Crippen LogP contribution is -2.65. The van der Waals surface area contributed by atoms with Crippen LogP contribution in [0.4, 0.5) is 0 Å². The van der Waals surface area contributed by atoms with Crippen LogP contribution in [0.15, 0.2) is 30.6 Å². The number of aromatic nitrogens is 4. The minimum Gasteiger partial charge on any atom is -0.484 e. The van der Waals surface area contributed by atoms with E-state index in [1.807, 2.05) is 21.8 Å². The van der Waals surface area contributed by atoms with Crippen LogP contribution >= 0.6 is 0 Å². The zero-order valence-corrected chi connectivity index (χ0v) is 18.6. The van der Waals surface area contributed by atoms with Crippen LogP contribution in [0.5, 0.6) is 5.75 Å². The van der Waals surface area contributed by atoms with Gasteiger partial charge in [0.1, 0.15) is 5.75 Å². The normalized spacial score (nSPS) is 33.1. The smallest absolute Gasteiger partial charge is 0.260 e. The van der Waals surface area contributed by atoms with E-state index in [9.17, 15) is 4.79 Å². The van der Waals surface area contributed by atoms with Gasteiger partial charge in [-0.3, -0.25) is 4.79 Å². The maximum Gasteiger partial charge on any atom is 0.260 e. The molecule has 0 radical (unpaired) electrons. The molecule has 1 aliphatic heterocycles. The van der Waals surface area contributed by atoms with E-state index < -0.39 is 0 Å². The number of likely N-dealkylation sites (tertiary alicyclic amines) is 1. The second kappa shape index (κ2) is 7.83. The Bertz CT molecular complexity index is 939. The van der Waals surface area contributed by atoms with Gasteiger partial charge in [0.05, 0.1) is 5.54 Å². The second-order valence-corrected chi connectivity index (χ2v) is 10.6. The molecular formula is C24H32N6O2. The Morgan fingerprint density at radius 3 is 2.53 bits per heavy atom. The fraction of sp³-hybridized carbons (Fsp3) is 0.667. The lowest BCUT2D eigenvalue weighted by atomic mass is 9.50. The van der Waals surface area contributed by atoms with Gasteiger partial charge in [0.15, 0.2) is 12.9 Å². The van der Waals surface area contributed by atoms with Gasteiger partial charge in [-0.05, 0) is 86.1 Å². The van der Waals surface area contributed by atoms with Crippen LogP contribution in [0.2, 0.25) is 0 Å². The summed E-state index contributed by atoms with van der Waals surface area (Å²) in [7, 11) is 0. The minimum atomic E-state index is 0.0349. The third-order valence-electron chi connectivity index (χ3n) is 8.22. The van der Waals surface area contributed by atoms with Gasteiger partial charge in [0, 0.05) is 25.2 Å². The van der Waals surface area contributed by atoms with Crippen molar-refractivity contribution in [3.8, 4) is 5.75 Å². The molecule has 2 aromatic rings. The van der Waals surface area contributed by atoms with Gasteiger partial charge in [0.25, 0.3) is 5.91 Å². The van der Waals surface area contributed by atoms with Crippen LogP contribution < -0.4 is 10.1 Å². The van der Waals surface area contributed by atoms with Crippen molar-refractivity contribution in [2.75, 3.05) is 19.7 Å². The molecule has 170 valence electrons. The predicted octanol–water partition coefficient (Wildman–Crippen LogP) is 2.51. The number of carbonyl (C=O) groups is 1. The lowest BCUT2D eigenvalue weighted by Gasteiger charge is -2.61. The van der Waals surface area contributed by atoms with Crippen molar-refractivity contribution in [2.45, 2.75) is 69.0 Å². The standard InChI is InChI=1S/C24H32N6O2/c31-22(29-7-1-2-8-29)15-32-21-5-3-18(4-6-21)14-25-23-10-19-9-20(11-23)13-24(12-19,16-23)30-27-17-26-28-30/h3-6,17,19-20,25H,1-2,7-16H2. The van der Waals surface area contributed by atoms with Crippen molar-refractivity contribution < 1.29 is 9.53 Å². The van der Waals surface area contributed by atoms with Crippen molar-refractivity contribution in [2.24, 2.45) is 11.8 Å². The third kappa shape index (κ3) is 3.68. The number of nitrogens with one attached hydrogen (secondary N) is 1. The van der Waals surface area contributed by atoms with Crippen molar-refractivity contribution in [1.29, 1.82) is 0 Å². The van der Waals surface area contributed by atoms with Crippen LogP contribution in [0.25, 0.3) is 0 Å². The number of hydrogen-bond donors (Lipinski definition) is 1. The molecule has 0 spiro atoms. The molecule has 5 fully saturated rings. The molecule has 5 aliphatic rings. The van der Waals surface area contributed by atoms with Crippen LogP contribution in [0.3, 0.4) is 0 Å². The highest BCUT2D eigenvalue weighted by Crippen LogP contribution is 2.60. The molecule has 8 heteroatoms. The molecule has 1 saturated heterocycles.